The molecule has 0 radical (unpaired) electrons. The molecule has 4 rings (SSSR count). The van der Waals surface area contributed by atoms with Crippen molar-refractivity contribution in [3.05, 3.63) is 41.1 Å². The third kappa shape index (κ3) is 4.09. The molecular weight excluding hydrogens is 350 g/mol. The van der Waals surface area contributed by atoms with Gasteiger partial charge in [0.25, 0.3) is 0 Å². The van der Waals surface area contributed by atoms with Crippen LogP contribution in [0.2, 0.25) is 0 Å². The van der Waals surface area contributed by atoms with Crippen LogP contribution in [0.1, 0.15) is 69.7 Å². The van der Waals surface area contributed by atoms with E-state index >= 15 is 0 Å². The minimum Gasteiger partial charge on any atom is -0.477 e. The molecule has 2 aromatic heterocycles. The topological polar surface area (TPSA) is 49.2 Å². The molecule has 2 aliphatic heterocycles. The first-order valence-corrected chi connectivity index (χ1v) is 10.6. The molecule has 0 bridgehead atoms. The molecule has 0 amide bonds. The molecule has 0 atom stereocenters. The smallest absolute Gasteiger partial charge is 0.216 e. The number of nitrogens with zero attached hydrogens (tertiary/aromatic N) is 3. The molecule has 0 aromatic carbocycles. The quantitative estimate of drug-likeness (QED) is 0.739. The summed E-state index contributed by atoms with van der Waals surface area (Å²) in [5.41, 5.74) is 4.00. The van der Waals surface area contributed by atoms with Crippen molar-refractivity contribution in [3.63, 3.8) is 0 Å². The first-order chi connectivity index (χ1) is 13.3. The minimum atomic E-state index is 0.0895. The summed E-state index contributed by atoms with van der Waals surface area (Å²) >= 11 is 0. The fraction of sp³-hybridized carbons (Fsp3) is 0.652. The molecule has 0 aliphatic carbocycles. The van der Waals surface area contributed by atoms with Crippen LogP contribution < -0.4 is 4.74 Å². The van der Waals surface area contributed by atoms with Crippen molar-refractivity contribution in [2.45, 2.75) is 78.4 Å². The Morgan fingerprint density at radius 1 is 1.11 bits per heavy atom. The summed E-state index contributed by atoms with van der Waals surface area (Å²) in [4.78, 5) is 9.39. The van der Waals surface area contributed by atoms with E-state index in [2.05, 4.69) is 55.6 Å². The number of pyridine rings is 1. The zero-order chi connectivity index (χ0) is 19.8. The highest BCUT2D eigenvalue weighted by Gasteiger charge is 2.31. The average molecular weight is 384 g/mol. The Labute approximate surface area is 168 Å². The molecular formula is C23H33N3O2. The standard InChI is InChI=1S/C23H33N3O2/c1-22(2,14-18-8-7-17-6-5-12-28-21(17)25-18)9-10-23(3,4)19-15-24-20-16-27-13-11-26(19)20/h7-8,15H,5-6,9-14,16H2,1-4H3. The van der Waals surface area contributed by atoms with Gasteiger partial charge in [-0.3, -0.25) is 0 Å². The molecule has 2 aliphatic rings. The van der Waals surface area contributed by atoms with E-state index in [1.165, 1.54) is 11.3 Å². The van der Waals surface area contributed by atoms with Crippen molar-refractivity contribution < 1.29 is 9.47 Å². The van der Waals surface area contributed by atoms with Crippen molar-refractivity contribution in [2.75, 3.05) is 13.2 Å². The monoisotopic (exact) mass is 383 g/mol. The Kier molecular flexibility index (Phi) is 5.21. The number of ether oxygens (including phenoxy) is 2. The van der Waals surface area contributed by atoms with Crippen molar-refractivity contribution in [1.82, 2.24) is 14.5 Å². The number of rotatable bonds is 6. The zero-order valence-electron chi connectivity index (χ0n) is 17.8. The lowest BCUT2D eigenvalue weighted by atomic mass is 9.75. The second-order valence-corrected chi connectivity index (χ2v) is 9.71. The summed E-state index contributed by atoms with van der Waals surface area (Å²) in [5, 5.41) is 0. The lowest BCUT2D eigenvalue weighted by Gasteiger charge is -2.32. The molecule has 2 aromatic rings. The van der Waals surface area contributed by atoms with Gasteiger partial charge < -0.3 is 14.0 Å². The van der Waals surface area contributed by atoms with Crippen LogP contribution in [0.5, 0.6) is 5.88 Å². The third-order valence-corrected chi connectivity index (χ3v) is 6.23. The number of imidazole rings is 1. The maximum absolute atomic E-state index is 5.76. The average Bonchev–Trinajstić information content (AvgIpc) is 3.11. The van der Waals surface area contributed by atoms with Gasteiger partial charge in [0.2, 0.25) is 5.88 Å². The second-order valence-electron chi connectivity index (χ2n) is 9.71. The fourth-order valence-corrected chi connectivity index (χ4v) is 4.35. The van der Waals surface area contributed by atoms with E-state index in [0.717, 1.165) is 69.3 Å². The fourth-order valence-electron chi connectivity index (χ4n) is 4.35. The Bertz CT molecular complexity index is 838. The molecule has 0 saturated heterocycles. The molecule has 28 heavy (non-hydrogen) atoms. The van der Waals surface area contributed by atoms with E-state index in [1.807, 2.05) is 0 Å². The summed E-state index contributed by atoms with van der Waals surface area (Å²) < 4.78 is 13.7. The summed E-state index contributed by atoms with van der Waals surface area (Å²) in [5.74, 6) is 1.92. The predicted octanol–water partition coefficient (Wildman–Crippen LogP) is 4.46. The van der Waals surface area contributed by atoms with E-state index in [4.69, 9.17) is 14.5 Å². The first kappa shape index (κ1) is 19.4. The summed E-state index contributed by atoms with van der Waals surface area (Å²) in [6.45, 7) is 12.5. The highest BCUT2D eigenvalue weighted by atomic mass is 16.5. The molecule has 5 heteroatoms. The summed E-state index contributed by atoms with van der Waals surface area (Å²) in [7, 11) is 0. The zero-order valence-corrected chi connectivity index (χ0v) is 17.8. The van der Waals surface area contributed by atoms with Gasteiger partial charge in [-0.25, -0.2) is 9.97 Å². The number of fused-ring (bicyclic) bond motifs is 2. The van der Waals surface area contributed by atoms with Crippen LogP contribution in [-0.2, 0) is 36.1 Å². The van der Waals surface area contributed by atoms with Gasteiger partial charge in [-0.2, -0.15) is 0 Å². The normalized spacial score (nSPS) is 17.0. The van der Waals surface area contributed by atoms with E-state index in [0.29, 0.717) is 6.61 Å². The lowest BCUT2D eigenvalue weighted by Crippen LogP contribution is -2.28. The maximum Gasteiger partial charge on any atom is 0.216 e. The Morgan fingerprint density at radius 3 is 2.82 bits per heavy atom. The van der Waals surface area contributed by atoms with E-state index in [9.17, 15) is 0 Å². The van der Waals surface area contributed by atoms with Crippen molar-refractivity contribution in [3.8, 4) is 5.88 Å². The second kappa shape index (κ2) is 7.51. The van der Waals surface area contributed by atoms with Gasteiger partial charge in [0.05, 0.1) is 13.2 Å². The predicted molar refractivity (Wildman–Crippen MR) is 110 cm³/mol. The lowest BCUT2D eigenvalue weighted by molar-refractivity contribution is 0.0792. The summed E-state index contributed by atoms with van der Waals surface area (Å²) in [6.07, 6.45) is 7.46. The third-order valence-electron chi connectivity index (χ3n) is 6.23. The molecule has 0 spiro atoms. The van der Waals surface area contributed by atoms with Crippen molar-refractivity contribution >= 4 is 0 Å². The van der Waals surface area contributed by atoms with Gasteiger partial charge in [0, 0.05) is 35.1 Å². The Morgan fingerprint density at radius 2 is 1.96 bits per heavy atom. The van der Waals surface area contributed by atoms with Gasteiger partial charge in [0.1, 0.15) is 12.4 Å². The van der Waals surface area contributed by atoms with Crippen LogP contribution in [0.4, 0.5) is 0 Å². The molecule has 0 unspecified atom stereocenters. The number of hydrogen-bond donors (Lipinski definition) is 0. The maximum atomic E-state index is 5.76. The molecule has 0 saturated carbocycles. The van der Waals surface area contributed by atoms with Gasteiger partial charge >= 0.3 is 0 Å². The first-order valence-electron chi connectivity index (χ1n) is 10.6. The Hall–Kier alpha value is -1.88. The minimum absolute atomic E-state index is 0.0895. The van der Waals surface area contributed by atoms with Crippen LogP contribution in [-0.4, -0.2) is 27.7 Å². The van der Waals surface area contributed by atoms with Crippen LogP contribution in [0.15, 0.2) is 18.3 Å². The molecule has 4 heterocycles. The van der Waals surface area contributed by atoms with Gasteiger partial charge in [-0.05, 0) is 43.6 Å². The largest absolute Gasteiger partial charge is 0.477 e. The number of aromatic nitrogens is 3. The number of hydrogen-bond acceptors (Lipinski definition) is 4. The highest BCUT2D eigenvalue weighted by molar-refractivity contribution is 5.30. The molecule has 152 valence electrons. The van der Waals surface area contributed by atoms with Crippen LogP contribution in [0, 0.1) is 5.41 Å². The summed E-state index contributed by atoms with van der Waals surface area (Å²) in [6, 6.07) is 4.39. The van der Waals surface area contributed by atoms with Crippen molar-refractivity contribution in [2.24, 2.45) is 5.41 Å². The van der Waals surface area contributed by atoms with E-state index < -0.39 is 0 Å². The Balaban J connectivity index is 1.42. The number of aryl methyl sites for hydroxylation is 1. The van der Waals surface area contributed by atoms with Crippen LogP contribution in [0.3, 0.4) is 0 Å². The van der Waals surface area contributed by atoms with E-state index in [1.54, 1.807) is 0 Å². The van der Waals surface area contributed by atoms with Crippen LogP contribution >= 0.6 is 0 Å². The highest BCUT2D eigenvalue weighted by Crippen LogP contribution is 2.37. The molecule has 5 nitrogen and oxygen atoms in total. The van der Waals surface area contributed by atoms with Crippen molar-refractivity contribution in [1.29, 1.82) is 0 Å². The van der Waals surface area contributed by atoms with Gasteiger partial charge in [0.15, 0.2) is 0 Å². The van der Waals surface area contributed by atoms with Gasteiger partial charge in [-0.15, -0.1) is 0 Å². The van der Waals surface area contributed by atoms with Gasteiger partial charge in [-0.1, -0.05) is 33.8 Å². The van der Waals surface area contributed by atoms with E-state index in [-0.39, 0.29) is 10.8 Å². The van der Waals surface area contributed by atoms with Crippen LogP contribution in [0.25, 0.3) is 0 Å². The molecule has 0 N–H and O–H groups in total. The SMILES string of the molecule is CC(C)(CCC(C)(C)c1cnc2n1CCOC2)Cc1ccc2c(n1)OCCC2. The molecule has 0 fully saturated rings.